The van der Waals surface area contributed by atoms with Crippen LogP contribution in [-0.4, -0.2) is 62.5 Å². The average Bonchev–Trinajstić information content (AvgIpc) is 3.14. The third-order valence-electron chi connectivity index (χ3n) is 8.35. The number of aromatic nitrogens is 2. The van der Waals surface area contributed by atoms with Gasteiger partial charge in [-0.05, 0) is 48.0 Å². The number of amides is 2. The van der Waals surface area contributed by atoms with Crippen LogP contribution in [0, 0.1) is 21.8 Å². The van der Waals surface area contributed by atoms with Crippen LogP contribution in [0.25, 0.3) is 5.57 Å². The van der Waals surface area contributed by atoms with Crippen LogP contribution >= 0.6 is 0 Å². The van der Waals surface area contributed by atoms with Gasteiger partial charge in [-0.15, -0.1) is 0 Å². The van der Waals surface area contributed by atoms with E-state index < -0.39 is 46.0 Å². The largest absolute Gasteiger partial charge is 0.505 e. The molecule has 0 radical (unpaired) electrons. The van der Waals surface area contributed by atoms with E-state index in [-0.39, 0.29) is 88.4 Å². The fourth-order valence-corrected chi connectivity index (χ4v) is 5.69. The summed E-state index contributed by atoms with van der Waals surface area (Å²) in [6.07, 6.45) is 3.57. The molecule has 0 bridgehead atoms. The Bertz CT molecular complexity index is 2280. The zero-order chi connectivity index (χ0) is 38.5. The number of para-hydroxylation sites is 1. The van der Waals surface area contributed by atoms with Crippen LogP contribution in [0.15, 0.2) is 96.2 Å². The van der Waals surface area contributed by atoms with Crippen molar-refractivity contribution in [2.75, 3.05) is 30.3 Å². The van der Waals surface area contributed by atoms with Crippen molar-refractivity contribution >= 4 is 46.5 Å². The molecule has 1 unspecified atom stereocenters. The second kappa shape index (κ2) is 15.6. The molecule has 2 heterocycles. The van der Waals surface area contributed by atoms with Crippen LogP contribution in [0.5, 0.6) is 11.5 Å². The first-order chi connectivity index (χ1) is 25.9. The number of aromatic hydroxyl groups is 1. The standard InChI is InChI=1S/C37H31F2N7O8/c1-19-13-30-24(15-26(19)38)33(25-16-27(39)29(47)17-31(25)54-30)22-8-7-20(14-23(22)36(50)51)35(49)42-10-9-32(48)40-11-12-41-34-28(46(52)53)18-43-37(45-34)44-21-5-3-2-4-6-21/h2-8,13-19,47H,9-12H2,1H3,(H,40,48)(H,42,49)(H,50,51)(H2,41,43,44,45). The van der Waals surface area contributed by atoms with E-state index in [0.717, 1.165) is 24.4 Å². The SMILES string of the molecule is CC1C=C2Oc3cc(O)c(F)cc3C(c3ccc(C(=O)NCCC(=O)NCCNc4nc(Nc5ccccc5)ncc4[N+](=O)[O-])cc3C(=O)O)=C2C=C1F. The fraction of sp³-hybridized carbons (Fsp3) is 0.162. The van der Waals surface area contributed by atoms with Gasteiger partial charge in [0.2, 0.25) is 17.7 Å². The average molecular weight is 740 g/mol. The first kappa shape index (κ1) is 36.6. The number of hydrogen-bond acceptors (Lipinski definition) is 11. The van der Waals surface area contributed by atoms with Gasteiger partial charge in [0.15, 0.2) is 11.6 Å². The third kappa shape index (κ3) is 7.99. The Hall–Kier alpha value is -7.17. The maximum Gasteiger partial charge on any atom is 0.336 e. The Morgan fingerprint density at radius 2 is 1.78 bits per heavy atom. The van der Waals surface area contributed by atoms with E-state index in [9.17, 15) is 43.5 Å². The molecule has 4 aromatic rings. The number of aromatic carboxylic acids is 1. The Labute approximate surface area is 305 Å². The lowest BCUT2D eigenvalue weighted by Gasteiger charge is -2.29. The summed E-state index contributed by atoms with van der Waals surface area (Å²) in [4.78, 5) is 57.0. The molecule has 17 heteroatoms. The Balaban J connectivity index is 1.08. The molecule has 2 amide bonds. The lowest BCUT2D eigenvalue weighted by atomic mass is 9.83. The summed E-state index contributed by atoms with van der Waals surface area (Å²) in [6, 6.07) is 14.8. The van der Waals surface area contributed by atoms with Crippen molar-refractivity contribution in [3.8, 4) is 11.5 Å². The van der Waals surface area contributed by atoms with Gasteiger partial charge in [0.05, 0.1) is 10.5 Å². The molecule has 0 saturated carbocycles. The van der Waals surface area contributed by atoms with E-state index in [4.69, 9.17) is 4.74 Å². The summed E-state index contributed by atoms with van der Waals surface area (Å²) in [5.74, 6) is -5.18. The summed E-state index contributed by atoms with van der Waals surface area (Å²) < 4.78 is 35.2. The molecule has 54 heavy (non-hydrogen) atoms. The van der Waals surface area contributed by atoms with Crippen molar-refractivity contribution in [1.82, 2.24) is 20.6 Å². The van der Waals surface area contributed by atoms with Crippen molar-refractivity contribution in [1.29, 1.82) is 0 Å². The number of ether oxygens (including phenoxy) is 1. The van der Waals surface area contributed by atoms with Crippen molar-refractivity contribution in [3.05, 3.63) is 134 Å². The molecular weight excluding hydrogens is 708 g/mol. The van der Waals surface area contributed by atoms with Gasteiger partial charge in [-0.3, -0.25) is 19.7 Å². The Morgan fingerprint density at radius 1 is 1.00 bits per heavy atom. The maximum atomic E-state index is 14.8. The van der Waals surface area contributed by atoms with Gasteiger partial charge < -0.3 is 36.2 Å². The number of allylic oxidation sites excluding steroid dienone is 3. The Kier molecular flexibility index (Phi) is 10.6. The van der Waals surface area contributed by atoms with E-state index >= 15 is 0 Å². The number of carboxylic acids is 1. The minimum Gasteiger partial charge on any atom is -0.505 e. The highest BCUT2D eigenvalue weighted by Crippen LogP contribution is 2.47. The van der Waals surface area contributed by atoms with Crippen molar-refractivity contribution < 1.29 is 43.0 Å². The molecule has 1 aromatic heterocycles. The number of anilines is 3. The fourth-order valence-electron chi connectivity index (χ4n) is 5.69. The summed E-state index contributed by atoms with van der Waals surface area (Å²) in [5.41, 5.74) is 0.294. The summed E-state index contributed by atoms with van der Waals surface area (Å²) in [5, 5.41) is 42.6. The molecule has 276 valence electrons. The number of fused-ring (bicyclic) bond motifs is 2. The normalized spacial score (nSPS) is 14.4. The van der Waals surface area contributed by atoms with E-state index in [0.29, 0.717) is 5.69 Å². The van der Waals surface area contributed by atoms with Crippen LogP contribution in [0.1, 0.15) is 45.2 Å². The number of rotatable bonds is 13. The molecular formula is C37H31F2N7O8. The lowest BCUT2D eigenvalue weighted by molar-refractivity contribution is -0.384. The minimum atomic E-state index is -1.43. The number of nitro groups is 1. The second-order valence-electron chi connectivity index (χ2n) is 12.1. The number of phenolic OH excluding ortho intramolecular Hbond substituents is 1. The number of benzene rings is 3. The number of carbonyl (C=O) groups is 3. The van der Waals surface area contributed by atoms with Gasteiger partial charge in [-0.1, -0.05) is 31.2 Å². The molecule has 6 rings (SSSR count). The van der Waals surface area contributed by atoms with E-state index in [1.807, 2.05) is 6.07 Å². The van der Waals surface area contributed by atoms with Gasteiger partial charge in [0, 0.05) is 66.0 Å². The number of carboxylic acid groups (broad SMARTS) is 1. The number of halogens is 2. The van der Waals surface area contributed by atoms with Gasteiger partial charge >= 0.3 is 11.7 Å². The van der Waals surface area contributed by atoms with E-state index in [1.165, 1.54) is 24.3 Å². The van der Waals surface area contributed by atoms with E-state index in [1.54, 1.807) is 31.2 Å². The molecule has 1 aliphatic heterocycles. The summed E-state index contributed by atoms with van der Waals surface area (Å²) >= 11 is 0. The quantitative estimate of drug-likeness (QED) is 0.0561. The van der Waals surface area contributed by atoms with Gasteiger partial charge in [-0.25, -0.2) is 18.6 Å². The molecule has 3 aromatic carbocycles. The highest BCUT2D eigenvalue weighted by Gasteiger charge is 2.32. The molecule has 0 saturated heterocycles. The van der Waals surface area contributed by atoms with Crippen molar-refractivity contribution in [3.63, 3.8) is 0 Å². The van der Waals surface area contributed by atoms with Crippen molar-refractivity contribution in [2.45, 2.75) is 13.3 Å². The number of phenols is 1. The summed E-state index contributed by atoms with van der Waals surface area (Å²) in [7, 11) is 0. The molecule has 0 spiro atoms. The molecule has 1 atom stereocenters. The van der Waals surface area contributed by atoms with Crippen LogP contribution in [0.3, 0.4) is 0 Å². The highest BCUT2D eigenvalue weighted by atomic mass is 19.1. The van der Waals surface area contributed by atoms with Crippen LogP contribution < -0.4 is 26.0 Å². The number of carbonyl (C=O) groups excluding carboxylic acids is 2. The predicted octanol–water partition coefficient (Wildman–Crippen LogP) is 5.60. The minimum absolute atomic E-state index is 0.0228. The first-order valence-electron chi connectivity index (χ1n) is 16.4. The van der Waals surface area contributed by atoms with Crippen LogP contribution in [0.2, 0.25) is 0 Å². The summed E-state index contributed by atoms with van der Waals surface area (Å²) in [6.45, 7) is 1.61. The van der Waals surface area contributed by atoms with Crippen molar-refractivity contribution in [2.24, 2.45) is 5.92 Å². The number of nitrogens with zero attached hydrogens (tertiary/aromatic N) is 3. The highest BCUT2D eigenvalue weighted by molar-refractivity contribution is 6.03. The molecule has 0 fully saturated rings. The Morgan fingerprint density at radius 3 is 2.52 bits per heavy atom. The topological polar surface area (TPSA) is 218 Å². The first-order valence-corrected chi connectivity index (χ1v) is 16.4. The third-order valence-corrected chi connectivity index (χ3v) is 8.35. The monoisotopic (exact) mass is 739 g/mol. The number of hydrogen-bond donors (Lipinski definition) is 6. The van der Waals surface area contributed by atoms with Gasteiger partial charge in [0.25, 0.3) is 5.91 Å². The molecule has 2 aliphatic rings. The molecule has 6 N–H and O–H groups in total. The van der Waals surface area contributed by atoms with E-state index in [2.05, 4.69) is 31.2 Å². The second-order valence-corrected chi connectivity index (χ2v) is 12.1. The smallest absolute Gasteiger partial charge is 0.336 e. The number of nitrogens with one attached hydrogen (secondary N) is 4. The van der Waals surface area contributed by atoms with Crippen LogP contribution in [0.4, 0.5) is 31.9 Å². The zero-order valence-corrected chi connectivity index (χ0v) is 28.4. The predicted molar refractivity (Wildman–Crippen MR) is 191 cm³/mol. The zero-order valence-electron chi connectivity index (χ0n) is 28.4. The van der Waals surface area contributed by atoms with Gasteiger partial charge in [-0.2, -0.15) is 4.98 Å². The van der Waals surface area contributed by atoms with Crippen LogP contribution in [-0.2, 0) is 4.79 Å². The van der Waals surface area contributed by atoms with Gasteiger partial charge in [0.1, 0.15) is 23.5 Å². The molecule has 15 nitrogen and oxygen atoms in total. The molecule has 1 aliphatic carbocycles. The maximum absolute atomic E-state index is 14.8. The lowest BCUT2D eigenvalue weighted by Crippen LogP contribution is -2.33.